The number of aromatic nitrogens is 2. The summed E-state index contributed by atoms with van der Waals surface area (Å²) in [5.41, 5.74) is 4.15. The van der Waals surface area contributed by atoms with Gasteiger partial charge in [0.05, 0.1) is 11.7 Å². The van der Waals surface area contributed by atoms with Gasteiger partial charge in [0.2, 0.25) is 11.8 Å². The van der Waals surface area contributed by atoms with Crippen LogP contribution < -0.4 is 4.90 Å². The van der Waals surface area contributed by atoms with Crippen molar-refractivity contribution >= 4 is 17.5 Å². The monoisotopic (exact) mass is 352 g/mol. The minimum Gasteiger partial charge on any atom is -0.339 e. The van der Waals surface area contributed by atoms with Crippen molar-refractivity contribution < 1.29 is 9.59 Å². The second-order valence-electron chi connectivity index (χ2n) is 7.26. The van der Waals surface area contributed by atoms with Crippen LogP contribution in [0, 0.1) is 13.8 Å². The third-order valence-corrected chi connectivity index (χ3v) is 5.39. The van der Waals surface area contributed by atoms with E-state index in [1.807, 2.05) is 47.7 Å². The Morgan fingerprint density at radius 1 is 1.23 bits per heavy atom. The molecule has 136 valence electrons. The molecule has 2 aliphatic rings. The SMILES string of the molecule is Cc1cc(C)n([C@@H]2CCN(C(=O)CN3C(=O)CCc4ccccc43)C2)n1. The number of rotatable bonds is 3. The summed E-state index contributed by atoms with van der Waals surface area (Å²) < 4.78 is 2.03. The Labute approximate surface area is 153 Å². The topological polar surface area (TPSA) is 58.4 Å². The van der Waals surface area contributed by atoms with Crippen LogP contribution in [0.4, 0.5) is 5.69 Å². The van der Waals surface area contributed by atoms with Crippen LogP contribution in [-0.4, -0.2) is 46.1 Å². The summed E-state index contributed by atoms with van der Waals surface area (Å²) in [6.45, 7) is 5.53. The van der Waals surface area contributed by atoms with Crippen molar-refractivity contribution in [3.8, 4) is 0 Å². The van der Waals surface area contributed by atoms with E-state index in [1.165, 1.54) is 0 Å². The molecule has 0 spiro atoms. The van der Waals surface area contributed by atoms with Crippen molar-refractivity contribution in [2.45, 2.75) is 39.2 Å². The summed E-state index contributed by atoms with van der Waals surface area (Å²) in [7, 11) is 0. The molecule has 2 amide bonds. The van der Waals surface area contributed by atoms with Crippen LogP contribution in [0.2, 0.25) is 0 Å². The molecule has 2 aliphatic heterocycles. The number of benzene rings is 1. The number of likely N-dealkylation sites (tertiary alicyclic amines) is 1. The van der Waals surface area contributed by atoms with Crippen molar-refractivity contribution in [1.29, 1.82) is 0 Å². The minimum absolute atomic E-state index is 0.0130. The van der Waals surface area contributed by atoms with Gasteiger partial charge in [0, 0.05) is 30.9 Å². The van der Waals surface area contributed by atoms with Crippen LogP contribution in [0.3, 0.4) is 0 Å². The Hall–Kier alpha value is -2.63. The molecule has 1 atom stereocenters. The van der Waals surface area contributed by atoms with Crippen LogP contribution in [0.15, 0.2) is 30.3 Å². The molecule has 0 aliphatic carbocycles. The number of hydrogen-bond donors (Lipinski definition) is 0. The highest BCUT2D eigenvalue weighted by molar-refractivity contribution is 6.01. The number of hydrogen-bond acceptors (Lipinski definition) is 3. The highest BCUT2D eigenvalue weighted by Crippen LogP contribution is 2.28. The Kier molecular flexibility index (Phi) is 4.26. The third kappa shape index (κ3) is 3.00. The molecule has 0 radical (unpaired) electrons. The second kappa shape index (κ2) is 6.59. The van der Waals surface area contributed by atoms with E-state index in [0.29, 0.717) is 19.5 Å². The molecular weight excluding hydrogens is 328 g/mol. The lowest BCUT2D eigenvalue weighted by Crippen LogP contribution is -2.44. The van der Waals surface area contributed by atoms with Gasteiger partial charge in [0.1, 0.15) is 6.54 Å². The summed E-state index contributed by atoms with van der Waals surface area (Å²) in [4.78, 5) is 28.7. The highest BCUT2D eigenvalue weighted by Gasteiger charge is 2.32. The molecule has 2 aromatic rings. The molecular formula is C20H24N4O2. The zero-order chi connectivity index (χ0) is 18.3. The van der Waals surface area contributed by atoms with E-state index in [9.17, 15) is 9.59 Å². The zero-order valence-corrected chi connectivity index (χ0v) is 15.3. The van der Waals surface area contributed by atoms with Crippen molar-refractivity contribution in [3.05, 3.63) is 47.3 Å². The molecule has 1 fully saturated rings. The fraction of sp³-hybridized carbons (Fsp3) is 0.450. The minimum atomic E-state index is 0.0130. The van der Waals surface area contributed by atoms with Crippen molar-refractivity contribution in [2.24, 2.45) is 0 Å². The predicted octanol–water partition coefficient (Wildman–Crippen LogP) is 2.25. The maximum atomic E-state index is 12.8. The van der Waals surface area contributed by atoms with Gasteiger partial charge in [0.15, 0.2) is 0 Å². The molecule has 0 unspecified atom stereocenters. The number of nitrogens with zero attached hydrogens (tertiary/aromatic N) is 4. The molecule has 0 N–H and O–H groups in total. The number of carbonyl (C=O) groups is 2. The maximum Gasteiger partial charge on any atom is 0.242 e. The van der Waals surface area contributed by atoms with Crippen LogP contribution >= 0.6 is 0 Å². The fourth-order valence-corrected chi connectivity index (χ4v) is 4.09. The molecule has 1 aromatic carbocycles. The number of anilines is 1. The van der Waals surface area contributed by atoms with Gasteiger partial charge in [-0.1, -0.05) is 18.2 Å². The maximum absolute atomic E-state index is 12.8. The summed E-state index contributed by atoms with van der Waals surface area (Å²) in [6.07, 6.45) is 2.13. The highest BCUT2D eigenvalue weighted by atomic mass is 16.2. The van der Waals surface area contributed by atoms with Gasteiger partial charge in [0.25, 0.3) is 0 Å². The van der Waals surface area contributed by atoms with Gasteiger partial charge in [-0.3, -0.25) is 14.3 Å². The Balaban J connectivity index is 1.46. The van der Waals surface area contributed by atoms with E-state index in [4.69, 9.17) is 0 Å². The predicted molar refractivity (Wildman–Crippen MR) is 99.1 cm³/mol. The first-order valence-electron chi connectivity index (χ1n) is 9.22. The molecule has 1 saturated heterocycles. The molecule has 1 aromatic heterocycles. The third-order valence-electron chi connectivity index (χ3n) is 5.39. The van der Waals surface area contributed by atoms with Gasteiger partial charge in [-0.15, -0.1) is 0 Å². The largest absolute Gasteiger partial charge is 0.339 e. The molecule has 4 rings (SSSR count). The summed E-state index contributed by atoms with van der Waals surface area (Å²) in [6, 6.07) is 10.2. The van der Waals surface area contributed by atoms with Gasteiger partial charge in [-0.05, 0) is 44.4 Å². The first kappa shape index (κ1) is 16.8. The second-order valence-corrected chi connectivity index (χ2v) is 7.26. The standard InChI is InChI=1S/C20H24N4O2/c1-14-11-15(2)24(21-14)17-9-10-22(12-17)20(26)13-23-18-6-4-3-5-16(18)7-8-19(23)25/h3-6,11,17H,7-10,12-13H2,1-2H3/t17-/m1/s1. The number of fused-ring (bicyclic) bond motifs is 1. The van der Waals surface area contributed by atoms with Gasteiger partial charge in [-0.25, -0.2) is 0 Å². The van der Waals surface area contributed by atoms with Gasteiger partial charge < -0.3 is 9.80 Å². The molecule has 6 nitrogen and oxygen atoms in total. The zero-order valence-electron chi connectivity index (χ0n) is 15.3. The number of carbonyl (C=O) groups excluding carboxylic acids is 2. The average Bonchev–Trinajstić information content (AvgIpc) is 3.23. The van der Waals surface area contributed by atoms with Crippen LogP contribution in [0.5, 0.6) is 0 Å². The summed E-state index contributed by atoms with van der Waals surface area (Å²) >= 11 is 0. The number of amides is 2. The first-order valence-corrected chi connectivity index (χ1v) is 9.22. The van der Waals surface area contributed by atoms with E-state index in [-0.39, 0.29) is 24.4 Å². The average molecular weight is 352 g/mol. The Morgan fingerprint density at radius 2 is 2.04 bits per heavy atom. The van der Waals surface area contributed by atoms with Crippen LogP contribution in [0.1, 0.15) is 35.8 Å². The van der Waals surface area contributed by atoms with E-state index in [2.05, 4.69) is 11.2 Å². The quantitative estimate of drug-likeness (QED) is 0.851. The number of para-hydroxylation sites is 1. The molecule has 3 heterocycles. The molecule has 0 saturated carbocycles. The van der Waals surface area contributed by atoms with Crippen LogP contribution in [0.25, 0.3) is 0 Å². The molecule has 26 heavy (non-hydrogen) atoms. The van der Waals surface area contributed by atoms with E-state index in [0.717, 1.165) is 35.5 Å². The Morgan fingerprint density at radius 3 is 2.81 bits per heavy atom. The summed E-state index contributed by atoms with van der Waals surface area (Å²) in [5, 5.41) is 4.56. The van der Waals surface area contributed by atoms with Gasteiger partial charge in [-0.2, -0.15) is 5.10 Å². The van der Waals surface area contributed by atoms with Crippen molar-refractivity contribution in [1.82, 2.24) is 14.7 Å². The van der Waals surface area contributed by atoms with Gasteiger partial charge >= 0.3 is 0 Å². The van der Waals surface area contributed by atoms with Crippen molar-refractivity contribution in [2.75, 3.05) is 24.5 Å². The first-order chi connectivity index (χ1) is 12.5. The molecule has 0 bridgehead atoms. The van der Waals surface area contributed by atoms with E-state index >= 15 is 0 Å². The normalized spacial score (nSPS) is 19.8. The lowest BCUT2D eigenvalue weighted by molar-refractivity contribution is -0.130. The molecule has 6 heteroatoms. The van der Waals surface area contributed by atoms with Crippen molar-refractivity contribution in [3.63, 3.8) is 0 Å². The number of aryl methyl sites for hydroxylation is 3. The smallest absolute Gasteiger partial charge is 0.242 e. The van der Waals surface area contributed by atoms with E-state index in [1.54, 1.807) is 4.90 Å². The fourth-order valence-electron chi connectivity index (χ4n) is 4.09. The van der Waals surface area contributed by atoms with Crippen LogP contribution in [-0.2, 0) is 16.0 Å². The lowest BCUT2D eigenvalue weighted by atomic mass is 10.0. The lowest BCUT2D eigenvalue weighted by Gasteiger charge is -2.30. The Bertz CT molecular complexity index is 857. The van der Waals surface area contributed by atoms with E-state index < -0.39 is 0 Å². The summed E-state index contributed by atoms with van der Waals surface area (Å²) in [5.74, 6) is 0.0467.